The van der Waals surface area contributed by atoms with E-state index in [1.807, 2.05) is 12.1 Å². The van der Waals surface area contributed by atoms with Crippen molar-refractivity contribution in [2.45, 2.75) is 76.1 Å². The van der Waals surface area contributed by atoms with Gasteiger partial charge in [-0.15, -0.1) is 0 Å². The van der Waals surface area contributed by atoms with Crippen molar-refractivity contribution in [1.82, 2.24) is 0 Å². The van der Waals surface area contributed by atoms with E-state index in [2.05, 4.69) is 4.99 Å². The summed E-state index contributed by atoms with van der Waals surface area (Å²) < 4.78 is 12.7. The molecular formula is C22H29ClN2O4. The summed E-state index contributed by atoms with van der Waals surface area (Å²) in [6, 6.07) is 5.61. The van der Waals surface area contributed by atoms with Crippen molar-refractivity contribution in [3.63, 3.8) is 0 Å². The van der Waals surface area contributed by atoms with Gasteiger partial charge in [0.2, 0.25) is 0 Å². The van der Waals surface area contributed by atoms with Crippen molar-refractivity contribution < 1.29 is 19.4 Å². The predicted octanol–water partition coefficient (Wildman–Crippen LogP) is 5.47. The number of benzene rings is 1. The summed E-state index contributed by atoms with van der Waals surface area (Å²) in [5.74, 6) is 1.15. The zero-order valence-corrected chi connectivity index (χ0v) is 17.4. The highest BCUT2D eigenvalue weighted by Crippen LogP contribution is 2.56. The summed E-state index contributed by atoms with van der Waals surface area (Å²) in [6.45, 7) is 0. The second-order valence-corrected chi connectivity index (χ2v) is 8.93. The molecule has 0 aromatic heterocycles. The summed E-state index contributed by atoms with van der Waals surface area (Å²) in [6.07, 6.45) is 9.09. The molecule has 3 N–H and O–H groups in total. The maximum absolute atomic E-state index is 11.1. The number of rotatable bonds is 3. The van der Waals surface area contributed by atoms with Gasteiger partial charge in [-0.2, -0.15) is 4.99 Å². The number of aliphatic imine (C=N–C) groups is 1. The van der Waals surface area contributed by atoms with E-state index < -0.39 is 18.0 Å². The Labute approximate surface area is 176 Å². The van der Waals surface area contributed by atoms with Crippen molar-refractivity contribution in [2.75, 3.05) is 0 Å². The molecule has 4 rings (SSSR count). The molecule has 1 aliphatic heterocycles. The molecule has 7 heteroatoms. The molecule has 6 nitrogen and oxygen atoms in total. The van der Waals surface area contributed by atoms with Crippen LogP contribution in [-0.2, 0) is 10.3 Å². The highest BCUT2D eigenvalue weighted by Gasteiger charge is 2.54. The van der Waals surface area contributed by atoms with Crippen molar-refractivity contribution in [2.24, 2.45) is 22.6 Å². The molecule has 0 bridgehead atoms. The number of hydrogen-bond acceptors (Lipinski definition) is 3. The molecule has 158 valence electrons. The number of carbonyl (C=O) groups is 1. The maximum Gasteiger partial charge on any atom is 0.433 e. The van der Waals surface area contributed by atoms with E-state index >= 15 is 0 Å². The highest BCUT2D eigenvalue weighted by atomic mass is 35.5. The topological polar surface area (TPSA) is 94.1 Å². The number of hydrogen-bond donors (Lipinski definition) is 2. The molecule has 2 fully saturated rings. The molecule has 2 saturated carbocycles. The third kappa shape index (κ3) is 3.97. The summed E-state index contributed by atoms with van der Waals surface area (Å²) in [5, 5.41) is 9.73. The van der Waals surface area contributed by atoms with Gasteiger partial charge in [-0.3, -0.25) is 0 Å². The van der Waals surface area contributed by atoms with E-state index in [0.29, 0.717) is 22.6 Å². The molecular weight excluding hydrogens is 392 g/mol. The van der Waals surface area contributed by atoms with Gasteiger partial charge in [-0.1, -0.05) is 50.1 Å². The zero-order chi connectivity index (χ0) is 20.4. The van der Waals surface area contributed by atoms with E-state index in [0.717, 1.165) is 31.2 Å². The van der Waals surface area contributed by atoms with Gasteiger partial charge in [-0.05, 0) is 55.7 Å². The molecule has 0 saturated heterocycles. The van der Waals surface area contributed by atoms with Gasteiger partial charge < -0.3 is 20.3 Å². The van der Waals surface area contributed by atoms with Crippen molar-refractivity contribution >= 4 is 23.5 Å². The summed E-state index contributed by atoms with van der Waals surface area (Å²) in [5.41, 5.74) is 6.42. The molecule has 1 amide bonds. The van der Waals surface area contributed by atoms with Gasteiger partial charge in [-0.25, -0.2) is 4.79 Å². The first-order chi connectivity index (χ1) is 14.0. The van der Waals surface area contributed by atoms with Crippen LogP contribution >= 0.6 is 11.6 Å². The normalized spacial score (nSPS) is 25.8. The van der Waals surface area contributed by atoms with Crippen LogP contribution in [0.5, 0.6) is 5.75 Å². The molecule has 2 aliphatic carbocycles. The van der Waals surface area contributed by atoms with E-state index in [1.54, 1.807) is 6.07 Å². The minimum Gasteiger partial charge on any atom is -0.463 e. The number of nitrogens with zero attached hydrogens (tertiary/aromatic N) is 1. The number of nitrogens with two attached hydrogens (primary N) is 1. The largest absolute Gasteiger partial charge is 0.463 e. The average molecular weight is 421 g/mol. The van der Waals surface area contributed by atoms with Crippen LogP contribution in [0.15, 0.2) is 23.2 Å². The number of amidine groups is 1. The number of ether oxygens (including phenoxy) is 2. The van der Waals surface area contributed by atoms with Gasteiger partial charge in [0.25, 0.3) is 6.29 Å². The Morgan fingerprint density at radius 2 is 1.66 bits per heavy atom. The smallest absolute Gasteiger partial charge is 0.433 e. The number of fused-ring (bicyclic) bond motifs is 1. The third-order valence-corrected chi connectivity index (χ3v) is 7.02. The van der Waals surface area contributed by atoms with Crippen LogP contribution in [0.1, 0.15) is 69.8 Å². The Balaban J connectivity index is 1.85. The molecule has 1 aromatic rings. The van der Waals surface area contributed by atoms with Crippen LogP contribution in [0, 0.1) is 11.8 Å². The van der Waals surface area contributed by atoms with Crippen molar-refractivity contribution in [3.05, 3.63) is 28.8 Å². The van der Waals surface area contributed by atoms with E-state index in [9.17, 15) is 4.79 Å². The Morgan fingerprint density at radius 1 is 1.07 bits per heavy atom. The van der Waals surface area contributed by atoms with Gasteiger partial charge in [0.1, 0.15) is 11.4 Å². The first-order valence-electron chi connectivity index (χ1n) is 10.7. The lowest BCUT2D eigenvalue weighted by Crippen LogP contribution is -2.55. The summed E-state index contributed by atoms with van der Waals surface area (Å²) >= 11 is 6.41. The van der Waals surface area contributed by atoms with E-state index in [4.69, 9.17) is 31.9 Å². The first kappa shape index (κ1) is 20.5. The SMILES string of the molecule is NC(=NC(=O)O)C1Oc2ccc(Cl)cc2C(C2CCCCC2)(C2CCCCC2)O1. The van der Waals surface area contributed by atoms with Gasteiger partial charge in [0.15, 0.2) is 5.84 Å². The van der Waals surface area contributed by atoms with Gasteiger partial charge in [0, 0.05) is 10.6 Å². The lowest BCUT2D eigenvalue weighted by Gasteiger charge is -2.53. The quantitative estimate of drug-likeness (QED) is 0.499. The van der Waals surface area contributed by atoms with Gasteiger partial charge >= 0.3 is 6.09 Å². The van der Waals surface area contributed by atoms with Gasteiger partial charge in [0.05, 0.1) is 0 Å². The zero-order valence-electron chi connectivity index (χ0n) is 16.6. The molecule has 1 unspecified atom stereocenters. The first-order valence-corrected chi connectivity index (χ1v) is 11.1. The third-order valence-electron chi connectivity index (χ3n) is 6.79. The minimum absolute atomic E-state index is 0.158. The van der Waals surface area contributed by atoms with Crippen LogP contribution in [0.25, 0.3) is 0 Å². The van der Waals surface area contributed by atoms with Crippen LogP contribution in [0.2, 0.25) is 5.02 Å². The van der Waals surface area contributed by atoms with Crippen LogP contribution in [-0.4, -0.2) is 23.3 Å². The number of carboxylic acid groups (broad SMARTS) is 1. The monoisotopic (exact) mass is 420 g/mol. The molecule has 3 aliphatic rings. The van der Waals surface area contributed by atoms with Crippen molar-refractivity contribution in [1.29, 1.82) is 0 Å². The second-order valence-electron chi connectivity index (χ2n) is 8.49. The molecule has 29 heavy (non-hydrogen) atoms. The summed E-state index contributed by atoms with van der Waals surface area (Å²) in [4.78, 5) is 14.6. The molecule has 0 radical (unpaired) electrons. The second kappa shape index (κ2) is 8.52. The fraction of sp³-hybridized carbons (Fsp3) is 0.636. The lowest BCUT2D eigenvalue weighted by atomic mass is 9.63. The van der Waals surface area contributed by atoms with Crippen LogP contribution < -0.4 is 10.5 Å². The molecule has 1 atom stereocenters. The van der Waals surface area contributed by atoms with E-state index in [-0.39, 0.29) is 5.84 Å². The molecule has 1 aromatic carbocycles. The lowest BCUT2D eigenvalue weighted by molar-refractivity contribution is -0.226. The van der Waals surface area contributed by atoms with E-state index in [1.165, 1.54) is 38.5 Å². The predicted molar refractivity (Wildman–Crippen MR) is 111 cm³/mol. The Morgan fingerprint density at radius 3 is 2.21 bits per heavy atom. The maximum atomic E-state index is 11.1. The fourth-order valence-electron chi connectivity index (χ4n) is 5.60. The molecule has 0 spiro atoms. The fourth-order valence-corrected chi connectivity index (χ4v) is 5.77. The standard InChI is InChI=1S/C22H29ClN2O4/c23-16-11-12-18-17(13-16)22(14-7-3-1-4-8-14,15-9-5-2-6-10-15)29-20(28-18)19(24)25-21(26)27/h11-15,20H,1-10H2,(H2,24,25)(H,26,27). The molecule has 1 heterocycles. The minimum atomic E-state index is -1.35. The Kier molecular flexibility index (Phi) is 6.02. The summed E-state index contributed by atoms with van der Waals surface area (Å²) in [7, 11) is 0. The highest BCUT2D eigenvalue weighted by molar-refractivity contribution is 6.30. The van der Waals surface area contributed by atoms with Crippen LogP contribution in [0.3, 0.4) is 0 Å². The van der Waals surface area contributed by atoms with Crippen LogP contribution in [0.4, 0.5) is 4.79 Å². The number of amides is 1. The Bertz CT molecular complexity index is 767. The Hall–Kier alpha value is -1.79. The number of halogens is 1. The van der Waals surface area contributed by atoms with Crippen molar-refractivity contribution in [3.8, 4) is 5.75 Å². The average Bonchev–Trinajstić information content (AvgIpc) is 2.74.